The molecule has 0 bridgehead atoms. The molecule has 0 atom stereocenters. The Labute approximate surface area is 145 Å². The number of rotatable bonds is 3. The molecule has 5 nitrogen and oxygen atoms in total. The van der Waals surface area contributed by atoms with E-state index in [1.54, 1.807) is 18.3 Å². The summed E-state index contributed by atoms with van der Waals surface area (Å²) in [6, 6.07) is 11.2. The molecule has 5 heteroatoms. The molecule has 2 aromatic heterocycles. The first-order valence-electron chi connectivity index (χ1n) is 8.47. The Morgan fingerprint density at radius 1 is 1.20 bits per heavy atom. The van der Waals surface area contributed by atoms with Crippen LogP contribution in [0.3, 0.4) is 0 Å². The number of pyridine rings is 1. The third-order valence-corrected chi connectivity index (χ3v) is 4.86. The number of fused-ring (bicyclic) bond motifs is 1. The zero-order chi connectivity index (χ0) is 17.4. The third-order valence-electron chi connectivity index (χ3n) is 4.86. The van der Waals surface area contributed by atoms with Crippen molar-refractivity contribution in [1.29, 1.82) is 0 Å². The SMILES string of the molecule is C=C1CCC(n2c(-c3ccccn3)nc3cc(C(=O)O)ccc32)CC1. The number of carboxylic acids is 1. The zero-order valence-corrected chi connectivity index (χ0v) is 13.9. The topological polar surface area (TPSA) is 68.0 Å². The molecule has 3 aromatic rings. The van der Waals surface area contributed by atoms with E-state index in [1.165, 1.54) is 5.57 Å². The van der Waals surface area contributed by atoms with Gasteiger partial charge in [0.2, 0.25) is 0 Å². The maximum Gasteiger partial charge on any atom is 0.335 e. The molecule has 0 unspecified atom stereocenters. The Bertz CT molecular complexity index is 950. The standard InChI is InChI=1S/C20H19N3O2/c1-13-5-8-15(9-6-13)23-18-10-7-14(20(24)25)12-17(18)22-19(23)16-4-2-3-11-21-16/h2-4,7,10-12,15H,1,5-6,8-9H2,(H,24,25). The summed E-state index contributed by atoms with van der Waals surface area (Å²) in [7, 11) is 0. The predicted octanol–water partition coefficient (Wildman–Crippen LogP) is 4.47. The number of hydrogen-bond acceptors (Lipinski definition) is 3. The second kappa shape index (κ2) is 6.16. The van der Waals surface area contributed by atoms with Crippen molar-refractivity contribution in [3.05, 3.63) is 60.3 Å². The average molecular weight is 333 g/mol. The van der Waals surface area contributed by atoms with Crippen LogP contribution in [0.4, 0.5) is 0 Å². The molecule has 25 heavy (non-hydrogen) atoms. The van der Waals surface area contributed by atoms with Crippen LogP contribution in [-0.4, -0.2) is 25.6 Å². The fourth-order valence-corrected chi connectivity index (χ4v) is 3.55. The quantitative estimate of drug-likeness (QED) is 0.718. The lowest BCUT2D eigenvalue weighted by atomic mass is 9.91. The molecular formula is C20H19N3O2. The van der Waals surface area contributed by atoms with Gasteiger partial charge in [0.15, 0.2) is 5.82 Å². The molecular weight excluding hydrogens is 314 g/mol. The van der Waals surface area contributed by atoms with E-state index in [0.717, 1.165) is 42.7 Å². The average Bonchev–Trinajstić information content (AvgIpc) is 3.02. The van der Waals surface area contributed by atoms with E-state index in [-0.39, 0.29) is 5.56 Å². The summed E-state index contributed by atoms with van der Waals surface area (Å²) in [5.74, 6) is -0.138. The summed E-state index contributed by atoms with van der Waals surface area (Å²) in [4.78, 5) is 20.5. The first-order valence-corrected chi connectivity index (χ1v) is 8.47. The molecule has 1 aromatic carbocycles. The van der Waals surface area contributed by atoms with Gasteiger partial charge in [-0.15, -0.1) is 0 Å². The summed E-state index contributed by atoms with van der Waals surface area (Å²) in [6.45, 7) is 4.10. The van der Waals surface area contributed by atoms with Gasteiger partial charge in [0.1, 0.15) is 5.69 Å². The summed E-state index contributed by atoms with van der Waals surface area (Å²) >= 11 is 0. The molecule has 1 aliphatic carbocycles. The fraction of sp³-hybridized carbons (Fsp3) is 0.250. The van der Waals surface area contributed by atoms with Gasteiger partial charge < -0.3 is 9.67 Å². The predicted molar refractivity (Wildman–Crippen MR) is 96.6 cm³/mol. The first-order chi connectivity index (χ1) is 12.1. The van der Waals surface area contributed by atoms with Crippen molar-refractivity contribution in [2.75, 3.05) is 0 Å². The molecule has 1 saturated carbocycles. The van der Waals surface area contributed by atoms with Crippen LogP contribution in [0.5, 0.6) is 0 Å². The van der Waals surface area contributed by atoms with E-state index in [9.17, 15) is 9.90 Å². The Morgan fingerprint density at radius 2 is 2.00 bits per heavy atom. The number of allylic oxidation sites excluding steroid dienone is 1. The Hall–Kier alpha value is -2.95. The fourth-order valence-electron chi connectivity index (χ4n) is 3.55. The van der Waals surface area contributed by atoms with Crippen LogP contribution in [0.15, 0.2) is 54.7 Å². The van der Waals surface area contributed by atoms with Crippen molar-refractivity contribution < 1.29 is 9.90 Å². The Balaban J connectivity index is 1.90. The largest absolute Gasteiger partial charge is 0.478 e. The molecule has 0 radical (unpaired) electrons. The minimum Gasteiger partial charge on any atom is -0.478 e. The van der Waals surface area contributed by atoms with Crippen molar-refractivity contribution in [2.45, 2.75) is 31.7 Å². The number of aromatic carboxylic acids is 1. The van der Waals surface area contributed by atoms with Gasteiger partial charge in [-0.25, -0.2) is 9.78 Å². The lowest BCUT2D eigenvalue weighted by molar-refractivity contribution is 0.0697. The van der Waals surface area contributed by atoms with E-state index >= 15 is 0 Å². The Kier molecular flexibility index (Phi) is 3.84. The van der Waals surface area contributed by atoms with E-state index in [2.05, 4.69) is 16.1 Å². The van der Waals surface area contributed by atoms with Crippen molar-refractivity contribution in [3.63, 3.8) is 0 Å². The van der Waals surface area contributed by atoms with Gasteiger partial charge in [-0.3, -0.25) is 4.98 Å². The maximum absolute atomic E-state index is 11.3. The molecule has 126 valence electrons. The van der Waals surface area contributed by atoms with Crippen LogP contribution in [0.25, 0.3) is 22.6 Å². The molecule has 2 heterocycles. The van der Waals surface area contributed by atoms with Crippen LogP contribution >= 0.6 is 0 Å². The summed E-state index contributed by atoms with van der Waals surface area (Å²) < 4.78 is 2.23. The van der Waals surface area contributed by atoms with Crippen LogP contribution in [0, 0.1) is 0 Å². The summed E-state index contributed by atoms with van der Waals surface area (Å²) in [5.41, 5.74) is 4.02. The molecule has 0 saturated heterocycles. The minimum absolute atomic E-state index is 0.252. The van der Waals surface area contributed by atoms with Gasteiger partial charge in [0.05, 0.1) is 16.6 Å². The van der Waals surface area contributed by atoms with Gasteiger partial charge in [-0.2, -0.15) is 0 Å². The third kappa shape index (κ3) is 2.82. The van der Waals surface area contributed by atoms with E-state index < -0.39 is 5.97 Å². The van der Waals surface area contributed by atoms with Gasteiger partial charge in [0, 0.05) is 12.2 Å². The highest BCUT2D eigenvalue weighted by molar-refractivity contribution is 5.93. The number of carbonyl (C=O) groups is 1. The van der Waals surface area contributed by atoms with Crippen LogP contribution in [0.1, 0.15) is 42.1 Å². The second-order valence-corrected chi connectivity index (χ2v) is 6.51. The van der Waals surface area contributed by atoms with Gasteiger partial charge in [-0.1, -0.05) is 18.2 Å². The minimum atomic E-state index is -0.940. The monoisotopic (exact) mass is 333 g/mol. The highest BCUT2D eigenvalue weighted by Crippen LogP contribution is 2.36. The summed E-state index contributed by atoms with van der Waals surface area (Å²) in [6.07, 6.45) is 5.82. The number of nitrogens with zero attached hydrogens (tertiary/aromatic N) is 3. The van der Waals surface area contributed by atoms with Crippen LogP contribution in [-0.2, 0) is 0 Å². The molecule has 0 spiro atoms. The highest BCUT2D eigenvalue weighted by Gasteiger charge is 2.24. The number of carboxylic acid groups (broad SMARTS) is 1. The van der Waals surface area contributed by atoms with Gasteiger partial charge in [-0.05, 0) is 56.0 Å². The second-order valence-electron chi connectivity index (χ2n) is 6.51. The smallest absolute Gasteiger partial charge is 0.335 e. The van der Waals surface area contributed by atoms with E-state index in [4.69, 9.17) is 4.98 Å². The van der Waals surface area contributed by atoms with Gasteiger partial charge >= 0.3 is 5.97 Å². The lowest BCUT2D eigenvalue weighted by Crippen LogP contribution is -2.15. The number of aromatic nitrogens is 3. The maximum atomic E-state index is 11.3. The number of imidazole rings is 1. The van der Waals surface area contributed by atoms with Crippen LogP contribution in [0.2, 0.25) is 0 Å². The zero-order valence-electron chi connectivity index (χ0n) is 13.9. The molecule has 1 fully saturated rings. The molecule has 4 rings (SSSR count). The van der Waals surface area contributed by atoms with Crippen molar-refractivity contribution >= 4 is 17.0 Å². The van der Waals surface area contributed by atoms with Crippen molar-refractivity contribution in [1.82, 2.24) is 14.5 Å². The van der Waals surface area contributed by atoms with Crippen LogP contribution < -0.4 is 0 Å². The highest BCUT2D eigenvalue weighted by atomic mass is 16.4. The Morgan fingerprint density at radius 3 is 2.68 bits per heavy atom. The summed E-state index contributed by atoms with van der Waals surface area (Å²) in [5, 5.41) is 9.26. The molecule has 1 N–H and O–H groups in total. The molecule has 0 amide bonds. The number of benzene rings is 1. The molecule has 0 aliphatic heterocycles. The molecule has 1 aliphatic rings. The van der Waals surface area contributed by atoms with E-state index in [1.807, 2.05) is 24.3 Å². The first kappa shape index (κ1) is 15.6. The lowest BCUT2D eigenvalue weighted by Gasteiger charge is -2.26. The van der Waals surface area contributed by atoms with E-state index in [0.29, 0.717) is 11.6 Å². The van der Waals surface area contributed by atoms with Crippen molar-refractivity contribution in [2.24, 2.45) is 0 Å². The normalized spacial score (nSPS) is 15.6. The van der Waals surface area contributed by atoms with Crippen molar-refractivity contribution in [3.8, 4) is 11.5 Å². The number of hydrogen-bond donors (Lipinski definition) is 1. The van der Waals surface area contributed by atoms with Gasteiger partial charge in [0.25, 0.3) is 0 Å².